The first-order chi connectivity index (χ1) is 7.38. The van der Waals surface area contributed by atoms with Gasteiger partial charge in [0.2, 0.25) is 0 Å². The molecule has 0 bridgehead atoms. The standard InChI is InChI=1S/C11H16N2OS/c14-11(10-8-15-13-12-10)9-6-4-2-1-3-5-7-9/h6,8,11,14H,1-5,7H2. The van der Waals surface area contributed by atoms with E-state index in [0.29, 0.717) is 5.69 Å². The van der Waals surface area contributed by atoms with E-state index in [1.54, 1.807) is 0 Å². The fraction of sp³-hybridized carbons (Fsp3) is 0.636. The van der Waals surface area contributed by atoms with Gasteiger partial charge in [-0.25, -0.2) is 0 Å². The van der Waals surface area contributed by atoms with Gasteiger partial charge in [0, 0.05) is 5.38 Å². The molecular formula is C11H16N2OS. The Hall–Kier alpha value is -0.740. The van der Waals surface area contributed by atoms with Crippen LogP contribution in [-0.2, 0) is 0 Å². The first kappa shape index (κ1) is 10.8. The number of aromatic nitrogens is 2. The Kier molecular flexibility index (Phi) is 3.86. The highest BCUT2D eigenvalue weighted by molar-refractivity contribution is 7.03. The maximum absolute atomic E-state index is 10.1. The zero-order chi connectivity index (χ0) is 10.5. The van der Waals surface area contributed by atoms with Gasteiger partial charge in [-0.15, -0.1) is 5.10 Å². The largest absolute Gasteiger partial charge is 0.382 e. The summed E-state index contributed by atoms with van der Waals surface area (Å²) in [7, 11) is 0. The van der Waals surface area contributed by atoms with Gasteiger partial charge in [-0.05, 0) is 42.8 Å². The smallest absolute Gasteiger partial charge is 0.120 e. The van der Waals surface area contributed by atoms with Gasteiger partial charge in [0.1, 0.15) is 11.8 Å². The van der Waals surface area contributed by atoms with Crippen molar-refractivity contribution < 1.29 is 5.11 Å². The van der Waals surface area contributed by atoms with Gasteiger partial charge in [-0.2, -0.15) is 0 Å². The molecule has 1 aromatic rings. The molecule has 1 atom stereocenters. The second-order valence-electron chi connectivity index (χ2n) is 3.96. The summed E-state index contributed by atoms with van der Waals surface area (Å²) in [5, 5.41) is 15.8. The Morgan fingerprint density at radius 1 is 1.27 bits per heavy atom. The van der Waals surface area contributed by atoms with Crippen LogP contribution >= 0.6 is 11.5 Å². The quantitative estimate of drug-likeness (QED) is 0.786. The number of rotatable bonds is 2. The Morgan fingerprint density at radius 2 is 2.13 bits per heavy atom. The Labute approximate surface area is 94.0 Å². The van der Waals surface area contributed by atoms with E-state index >= 15 is 0 Å². The Morgan fingerprint density at radius 3 is 2.93 bits per heavy atom. The normalized spacial score (nSPS) is 20.2. The molecule has 15 heavy (non-hydrogen) atoms. The molecule has 0 radical (unpaired) electrons. The van der Waals surface area contributed by atoms with Gasteiger partial charge >= 0.3 is 0 Å². The Balaban J connectivity index is 2.07. The van der Waals surface area contributed by atoms with E-state index in [1.165, 1.54) is 37.2 Å². The maximum Gasteiger partial charge on any atom is 0.120 e. The molecule has 0 aromatic carbocycles. The summed E-state index contributed by atoms with van der Waals surface area (Å²) in [5.41, 5.74) is 1.83. The minimum Gasteiger partial charge on any atom is -0.382 e. The highest BCUT2D eigenvalue weighted by atomic mass is 32.1. The zero-order valence-corrected chi connectivity index (χ0v) is 9.54. The van der Waals surface area contributed by atoms with E-state index in [4.69, 9.17) is 0 Å². The number of aliphatic hydroxyl groups is 1. The lowest BCUT2D eigenvalue weighted by atomic mass is 9.95. The van der Waals surface area contributed by atoms with Crippen LogP contribution in [0.1, 0.15) is 50.3 Å². The number of nitrogens with zero attached hydrogens (tertiary/aromatic N) is 2. The van der Waals surface area contributed by atoms with Crippen molar-refractivity contribution in [3.05, 3.63) is 22.7 Å². The third kappa shape index (κ3) is 2.86. The van der Waals surface area contributed by atoms with Crippen LogP contribution in [0.2, 0.25) is 0 Å². The summed E-state index contributed by atoms with van der Waals surface area (Å²) in [6, 6.07) is 0. The first-order valence-electron chi connectivity index (χ1n) is 5.52. The third-order valence-corrected chi connectivity index (χ3v) is 3.36. The van der Waals surface area contributed by atoms with Crippen LogP contribution in [0.4, 0.5) is 0 Å². The summed E-state index contributed by atoms with van der Waals surface area (Å²) >= 11 is 1.29. The lowest BCUT2D eigenvalue weighted by molar-refractivity contribution is 0.204. The number of hydrogen-bond donors (Lipinski definition) is 1. The molecule has 4 heteroatoms. The summed E-state index contributed by atoms with van der Waals surface area (Å²) in [4.78, 5) is 0. The molecule has 0 saturated heterocycles. The maximum atomic E-state index is 10.1. The van der Waals surface area contributed by atoms with Gasteiger partial charge in [0.25, 0.3) is 0 Å². The minimum absolute atomic E-state index is 0.526. The van der Waals surface area contributed by atoms with Crippen molar-refractivity contribution in [3.63, 3.8) is 0 Å². The van der Waals surface area contributed by atoms with Crippen LogP contribution in [0, 0.1) is 0 Å². The predicted molar refractivity (Wildman–Crippen MR) is 60.7 cm³/mol. The molecule has 1 aliphatic rings. The minimum atomic E-state index is -0.526. The van der Waals surface area contributed by atoms with Crippen molar-refractivity contribution >= 4 is 11.5 Å². The second-order valence-corrected chi connectivity index (χ2v) is 4.57. The first-order valence-corrected chi connectivity index (χ1v) is 6.35. The zero-order valence-electron chi connectivity index (χ0n) is 8.72. The second kappa shape index (κ2) is 5.37. The van der Waals surface area contributed by atoms with Crippen molar-refractivity contribution in [3.8, 4) is 0 Å². The van der Waals surface area contributed by atoms with E-state index < -0.39 is 6.10 Å². The molecule has 2 rings (SSSR count). The van der Waals surface area contributed by atoms with E-state index in [2.05, 4.69) is 15.7 Å². The van der Waals surface area contributed by atoms with Crippen molar-refractivity contribution in [1.29, 1.82) is 0 Å². The molecule has 0 fully saturated rings. The van der Waals surface area contributed by atoms with E-state index in [0.717, 1.165) is 18.4 Å². The van der Waals surface area contributed by atoms with Crippen LogP contribution in [0.25, 0.3) is 0 Å². The van der Waals surface area contributed by atoms with Crippen LogP contribution in [0.5, 0.6) is 0 Å². The van der Waals surface area contributed by atoms with E-state index in [9.17, 15) is 5.11 Å². The molecule has 1 aliphatic carbocycles. The van der Waals surface area contributed by atoms with Crippen molar-refractivity contribution in [2.45, 2.75) is 44.6 Å². The summed E-state index contributed by atoms with van der Waals surface area (Å²) in [5.74, 6) is 0. The molecule has 1 N–H and O–H groups in total. The molecule has 1 heterocycles. The Bertz CT molecular complexity index is 321. The molecular weight excluding hydrogens is 208 g/mol. The fourth-order valence-corrected chi connectivity index (χ4v) is 2.42. The van der Waals surface area contributed by atoms with Crippen LogP contribution < -0.4 is 0 Å². The van der Waals surface area contributed by atoms with Crippen LogP contribution in [0.15, 0.2) is 17.0 Å². The fourth-order valence-electron chi connectivity index (χ4n) is 1.95. The average Bonchev–Trinajstić information content (AvgIpc) is 2.68. The highest BCUT2D eigenvalue weighted by Gasteiger charge is 2.16. The van der Waals surface area contributed by atoms with Gasteiger partial charge in [-0.3, -0.25) is 0 Å². The van der Waals surface area contributed by atoms with Gasteiger partial charge in [0.15, 0.2) is 0 Å². The van der Waals surface area contributed by atoms with Crippen LogP contribution in [0.3, 0.4) is 0 Å². The topological polar surface area (TPSA) is 46.0 Å². The molecule has 0 saturated carbocycles. The van der Waals surface area contributed by atoms with Gasteiger partial charge in [0.05, 0.1) is 0 Å². The lowest BCUT2D eigenvalue weighted by Crippen LogP contribution is -2.04. The third-order valence-electron chi connectivity index (χ3n) is 2.83. The summed E-state index contributed by atoms with van der Waals surface area (Å²) in [6.07, 6.45) is 8.76. The average molecular weight is 224 g/mol. The van der Waals surface area contributed by atoms with Crippen molar-refractivity contribution in [1.82, 2.24) is 9.59 Å². The van der Waals surface area contributed by atoms with Crippen molar-refractivity contribution in [2.75, 3.05) is 0 Å². The molecule has 0 amide bonds. The van der Waals surface area contributed by atoms with E-state index in [1.807, 2.05) is 5.38 Å². The molecule has 0 aliphatic heterocycles. The number of hydrogen-bond acceptors (Lipinski definition) is 4. The van der Waals surface area contributed by atoms with Gasteiger partial charge in [-0.1, -0.05) is 23.4 Å². The molecule has 0 spiro atoms. The van der Waals surface area contributed by atoms with Crippen molar-refractivity contribution in [2.24, 2.45) is 0 Å². The molecule has 1 unspecified atom stereocenters. The molecule has 1 aromatic heterocycles. The van der Waals surface area contributed by atoms with Crippen LogP contribution in [-0.4, -0.2) is 14.7 Å². The lowest BCUT2D eigenvalue weighted by Gasteiger charge is -2.15. The summed E-state index contributed by atoms with van der Waals surface area (Å²) < 4.78 is 3.78. The van der Waals surface area contributed by atoms with E-state index in [-0.39, 0.29) is 0 Å². The van der Waals surface area contributed by atoms with Gasteiger partial charge < -0.3 is 5.11 Å². The highest BCUT2D eigenvalue weighted by Crippen LogP contribution is 2.27. The molecule has 82 valence electrons. The SMILES string of the molecule is OC(C1=CCCCCCC1)c1csnn1. The summed E-state index contributed by atoms with van der Waals surface area (Å²) in [6.45, 7) is 0. The number of aliphatic hydroxyl groups excluding tert-OH is 1. The predicted octanol–water partition coefficient (Wildman–Crippen LogP) is 2.85. The number of allylic oxidation sites excluding steroid dienone is 1. The monoisotopic (exact) mass is 224 g/mol. The molecule has 3 nitrogen and oxygen atoms in total.